The molecule has 3 unspecified atom stereocenters. The summed E-state index contributed by atoms with van der Waals surface area (Å²) in [4.78, 5) is 2.63. The molecular formula is C16H32N2O. The molecule has 0 radical (unpaired) electrons. The average molecular weight is 268 g/mol. The lowest BCUT2D eigenvalue weighted by molar-refractivity contribution is 0.00308. The summed E-state index contributed by atoms with van der Waals surface area (Å²) in [6, 6.07) is 2.86. The molecule has 112 valence electrons. The summed E-state index contributed by atoms with van der Waals surface area (Å²) in [7, 11) is 4.13. The van der Waals surface area contributed by atoms with Gasteiger partial charge in [0.15, 0.2) is 0 Å². The second-order valence-electron chi connectivity index (χ2n) is 7.31. The van der Waals surface area contributed by atoms with E-state index in [2.05, 4.69) is 38.0 Å². The Hall–Kier alpha value is -0.120. The van der Waals surface area contributed by atoms with Crippen molar-refractivity contribution in [2.75, 3.05) is 14.2 Å². The lowest BCUT2D eigenvalue weighted by Crippen LogP contribution is -2.56. The van der Waals surface area contributed by atoms with Crippen molar-refractivity contribution in [3.8, 4) is 0 Å². The van der Waals surface area contributed by atoms with Crippen molar-refractivity contribution < 1.29 is 4.74 Å². The highest BCUT2D eigenvalue weighted by atomic mass is 16.5. The van der Waals surface area contributed by atoms with Crippen molar-refractivity contribution >= 4 is 0 Å². The highest BCUT2D eigenvalue weighted by Crippen LogP contribution is 2.33. The topological polar surface area (TPSA) is 24.5 Å². The van der Waals surface area contributed by atoms with Gasteiger partial charge in [-0.3, -0.25) is 0 Å². The summed E-state index contributed by atoms with van der Waals surface area (Å²) >= 11 is 0. The van der Waals surface area contributed by atoms with Gasteiger partial charge in [-0.2, -0.15) is 0 Å². The molecule has 3 atom stereocenters. The molecule has 2 aliphatic rings. The maximum absolute atomic E-state index is 5.54. The molecule has 2 bridgehead atoms. The first-order valence-electron chi connectivity index (χ1n) is 7.94. The quantitative estimate of drug-likeness (QED) is 0.830. The third kappa shape index (κ3) is 3.93. The third-order valence-electron chi connectivity index (χ3n) is 5.21. The van der Waals surface area contributed by atoms with E-state index < -0.39 is 0 Å². The van der Waals surface area contributed by atoms with E-state index in [4.69, 9.17) is 4.74 Å². The van der Waals surface area contributed by atoms with Crippen molar-refractivity contribution in [2.45, 2.75) is 89.1 Å². The van der Waals surface area contributed by atoms with E-state index in [0.717, 1.165) is 18.5 Å². The fraction of sp³-hybridized carbons (Fsp3) is 1.00. The van der Waals surface area contributed by atoms with E-state index in [1.807, 2.05) is 7.11 Å². The molecule has 3 nitrogen and oxygen atoms in total. The van der Waals surface area contributed by atoms with Crippen LogP contribution < -0.4 is 5.32 Å². The number of rotatable bonds is 5. The first kappa shape index (κ1) is 15.3. The predicted octanol–water partition coefficient (Wildman–Crippen LogP) is 2.79. The molecule has 0 spiro atoms. The van der Waals surface area contributed by atoms with Crippen molar-refractivity contribution in [1.29, 1.82) is 0 Å². The molecule has 2 saturated heterocycles. The van der Waals surface area contributed by atoms with Gasteiger partial charge in [-0.1, -0.05) is 6.42 Å². The summed E-state index contributed by atoms with van der Waals surface area (Å²) < 4.78 is 5.54. The number of fused-ring (bicyclic) bond motifs is 2. The summed E-state index contributed by atoms with van der Waals surface area (Å²) in [5.41, 5.74) is -0.0201. The van der Waals surface area contributed by atoms with Crippen LogP contribution in [0.3, 0.4) is 0 Å². The molecule has 2 aliphatic heterocycles. The standard InChI is InChI=1S/C16H32N2O/c1-12(11-16(2,3)19-5)17-13-9-14-7-6-8-15(10-13)18(14)4/h12-15,17H,6-11H2,1-5H3. The molecule has 2 rings (SSSR count). The third-order valence-corrected chi connectivity index (χ3v) is 5.21. The first-order chi connectivity index (χ1) is 8.91. The number of nitrogens with one attached hydrogen (secondary N) is 1. The number of piperidine rings is 2. The van der Waals surface area contributed by atoms with Gasteiger partial charge in [-0.25, -0.2) is 0 Å². The van der Waals surface area contributed by atoms with Crippen molar-refractivity contribution in [2.24, 2.45) is 0 Å². The molecule has 3 heteroatoms. The molecule has 0 aromatic rings. The summed E-state index contributed by atoms with van der Waals surface area (Å²) in [5, 5.41) is 3.85. The van der Waals surface area contributed by atoms with Crippen LogP contribution in [0.25, 0.3) is 0 Å². The Bertz CT molecular complexity index is 278. The number of methoxy groups -OCH3 is 1. The monoisotopic (exact) mass is 268 g/mol. The summed E-state index contributed by atoms with van der Waals surface area (Å²) in [5.74, 6) is 0. The lowest BCUT2D eigenvalue weighted by atomic mass is 9.82. The zero-order valence-corrected chi connectivity index (χ0v) is 13.4. The Kier molecular flexibility index (Phi) is 4.91. The fourth-order valence-corrected chi connectivity index (χ4v) is 4.03. The Morgan fingerprint density at radius 1 is 1.26 bits per heavy atom. The smallest absolute Gasteiger partial charge is 0.0637 e. The molecule has 0 aromatic carbocycles. The van der Waals surface area contributed by atoms with Gasteiger partial charge >= 0.3 is 0 Å². The van der Waals surface area contributed by atoms with E-state index in [1.165, 1.54) is 32.1 Å². The molecule has 2 heterocycles. The van der Waals surface area contributed by atoms with Crippen LogP contribution in [0.2, 0.25) is 0 Å². The van der Waals surface area contributed by atoms with Gasteiger partial charge in [0.1, 0.15) is 0 Å². The molecular weight excluding hydrogens is 236 g/mol. The molecule has 1 N–H and O–H groups in total. The lowest BCUT2D eigenvalue weighted by Gasteiger charge is -2.48. The van der Waals surface area contributed by atoms with E-state index in [1.54, 1.807) is 0 Å². The second kappa shape index (κ2) is 6.11. The highest BCUT2D eigenvalue weighted by Gasteiger charge is 2.36. The summed E-state index contributed by atoms with van der Waals surface area (Å²) in [6.07, 6.45) is 7.94. The van der Waals surface area contributed by atoms with Crippen molar-refractivity contribution in [1.82, 2.24) is 10.2 Å². The molecule has 0 amide bonds. The second-order valence-corrected chi connectivity index (χ2v) is 7.31. The van der Waals surface area contributed by atoms with E-state index in [-0.39, 0.29) is 5.60 Å². The zero-order chi connectivity index (χ0) is 14.0. The molecule has 0 aliphatic carbocycles. The van der Waals surface area contributed by atoms with Gasteiger partial charge in [0.25, 0.3) is 0 Å². The van der Waals surface area contributed by atoms with Gasteiger partial charge in [0.2, 0.25) is 0 Å². The van der Waals surface area contributed by atoms with Gasteiger partial charge in [0, 0.05) is 31.3 Å². The average Bonchev–Trinajstić information content (AvgIpc) is 2.30. The molecule has 19 heavy (non-hydrogen) atoms. The minimum Gasteiger partial charge on any atom is -0.379 e. The van der Waals surface area contributed by atoms with Gasteiger partial charge in [-0.05, 0) is 59.9 Å². The van der Waals surface area contributed by atoms with Gasteiger partial charge in [0.05, 0.1) is 5.60 Å². The minimum absolute atomic E-state index is 0.0201. The Labute approximate surface area is 119 Å². The molecule has 2 fully saturated rings. The van der Waals surface area contributed by atoms with Crippen LogP contribution >= 0.6 is 0 Å². The van der Waals surface area contributed by atoms with Crippen LogP contribution in [0.4, 0.5) is 0 Å². The Morgan fingerprint density at radius 3 is 2.37 bits per heavy atom. The molecule has 0 aromatic heterocycles. The van der Waals surface area contributed by atoms with Crippen LogP contribution in [0.1, 0.15) is 59.3 Å². The van der Waals surface area contributed by atoms with Gasteiger partial charge < -0.3 is 15.0 Å². The zero-order valence-electron chi connectivity index (χ0n) is 13.4. The van der Waals surface area contributed by atoms with Crippen LogP contribution in [0.15, 0.2) is 0 Å². The van der Waals surface area contributed by atoms with E-state index in [0.29, 0.717) is 12.1 Å². The van der Waals surface area contributed by atoms with Crippen LogP contribution in [-0.2, 0) is 4.74 Å². The number of hydrogen-bond donors (Lipinski definition) is 1. The predicted molar refractivity (Wildman–Crippen MR) is 80.5 cm³/mol. The van der Waals surface area contributed by atoms with Crippen LogP contribution in [0, 0.1) is 0 Å². The van der Waals surface area contributed by atoms with E-state index in [9.17, 15) is 0 Å². The molecule has 0 saturated carbocycles. The minimum atomic E-state index is -0.0201. The van der Waals surface area contributed by atoms with Crippen LogP contribution in [0.5, 0.6) is 0 Å². The van der Waals surface area contributed by atoms with Crippen LogP contribution in [-0.4, -0.2) is 48.8 Å². The maximum atomic E-state index is 5.54. The first-order valence-corrected chi connectivity index (χ1v) is 7.94. The Balaban J connectivity index is 1.83. The normalized spacial score (nSPS) is 34.3. The summed E-state index contributed by atoms with van der Waals surface area (Å²) in [6.45, 7) is 6.65. The van der Waals surface area contributed by atoms with Crippen molar-refractivity contribution in [3.63, 3.8) is 0 Å². The van der Waals surface area contributed by atoms with Crippen molar-refractivity contribution in [3.05, 3.63) is 0 Å². The maximum Gasteiger partial charge on any atom is 0.0637 e. The SMILES string of the molecule is COC(C)(C)CC(C)NC1CC2CCCC(C1)N2C. The largest absolute Gasteiger partial charge is 0.379 e. The Morgan fingerprint density at radius 2 is 1.84 bits per heavy atom. The fourth-order valence-electron chi connectivity index (χ4n) is 4.03. The number of hydrogen-bond acceptors (Lipinski definition) is 3. The number of ether oxygens (including phenoxy) is 1. The van der Waals surface area contributed by atoms with E-state index >= 15 is 0 Å². The van der Waals surface area contributed by atoms with Gasteiger partial charge in [-0.15, -0.1) is 0 Å². The number of nitrogens with zero attached hydrogens (tertiary/aromatic N) is 1. The highest BCUT2D eigenvalue weighted by molar-refractivity contribution is 4.94.